The molecule has 4 aromatic carbocycles. The predicted octanol–water partition coefficient (Wildman–Crippen LogP) is 15.2. The molecule has 320 valence electrons. The summed E-state index contributed by atoms with van der Waals surface area (Å²) in [5.74, 6) is 1.38. The Bertz CT molecular complexity index is 2140. The van der Waals surface area contributed by atoms with Crippen LogP contribution in [0.25, 0.3) is 0 Å². The molecule has 3 aliphatic rings. The minimum absolute atomic E-state index is 0.116. The van der Waals surface area contributed by atoms with Crippen molar-refractivity contribution in [3.63, 3.8) is 0 Å². The molecule has 3 heteroatoms. The molecule has 1 N–H and O–H groups in total. The number of rotatable bonds is 18. The second-order valence-electron chi connectivity index (χ2n) is 19.1. The van der Waals surface area contributed by atoms with Crippen LogP contribution in [-0.2, 0) is 23.7 Å². The van der Waals surface area contributed by atoms with Crippen LogP contribution in [0.15, 0.2) is 133 Å². The van der Waals surface area contributed by atoms with Gasteiger partial charge in [-0.2, -0.15) is 5.26 Å². The average molecular weight is 812 g/mol. The van der Waals surface area contributed by atoms with Gasteiger partial charge in [0, 0.05) is 41.0 Å². The molecule has 2 fully saturated rings. The molecule has 0 saturated heterocycles. The SMILES string of the molecule is CCCNc1ccc(C)cc1C(C/C=C/C(C#N)=C/C=C1/N(CCC)c2ccc(C)cc2C1(Cc1ccccc1)CC1CCCCC1)(Cc1ccccc1)CC1CCCCC1. The summed E-state index contributed by atoms with van der Waals surface area (Å²) in [5.41, 5.74) is 12.7. The molecule has 2 unspecified atom stereocenters. The molecular formula is C58H73N3. The van der Waals surface area contributed by atoms with Gasteiger partial charge >= 0.3 is 0 Å². The van der Waals surface area contributed by atoms with E-state index in [1.165, 1.54) is 115 Å². The van der Waals surface area contributed by atoms with Crippen molar-refractivity contribution in [2.75, 3.05) is 23.3 Å². The Labute approximate surface area is 370 Å². The van der Waals surface area contributed by atoms with Crippen molar-refractivity contribution in [2.24, 2.45) is 11.8 Å². The molecule has 2 atom stereocenters. The van der Waals surface area contributed by atoms with Crippen LogP contribution in [0.3, 0.4) is 0 Å². The van der Waals surface area contributed by atoms with E-state index in [0.717, 1.165) is 63.6 Å². The Morgan fingerprint density at radius 2 is 1.44 bits per heavy atom. The fourth-order valence-electron chi connectivity index (χ4n) is 11.5. The topological polar surface area (TPSA) is 39.1 Å². The number of nitrogens with one attached hydrogen (secondary N) is 1. The lowest BCUT2D eigenvalue weighted by atomic mass is 9.65. The summed E-state index contributed by atoms with van der Waals surface area (Å²) in [6, 6.07) is 39.3. The van der Waals surface area contributed by atoms with E-state index in [0.29, 0.717) is 11.8 Å². The minimum Gasteiger partial charge on any atom is -0.385 e. The van der Waals surface area contributed by atoms with Crippen LogP contribution in [0.1, 0.15) is 144 Å². The molecule has 1 heterocycles. The molecule has 7 rings (SSSR count). The first-order valence-electron chi connectivity index (χ1n) is 24.2. The monoisotopic (exact) mass is 812 g/mol. The van der Waals surface area contributed by atoms with Crippen molar-refractivity contribution in [3.8, 4) is 6.07 Å². The van der Waals surface area contributed by atoms with Crippen LogP contribution >= 0.6 is 0 Å². The van der Waals surface area contributed by atoms with Gasteiger partial charge in [-0.05, 0) is 123 Å². The van der Waals surface area contributed by atoms with Gasteiger partial charge in [-0.25, -0.2) is 0 Å². The van der Waals surface area contributed by atoms with Gasteiger partial charge in [0.05, 0.1) is 11.6 Å². The zero-order valence-corrected chi connectivity index (χ0v) is 38.0. The first-order valence-corrected chi connectivity index (χ1v) is 24.2. The molecule has 2 aliphatic carbocycles. The number of aryl methyl sites for hydroxylation is 2. The van der Waals surface area contributed by atoms with Gasteiger partial charge < -0.3 is 10.2 Å². The third kappa shape index (κ3) is 10.8. The number of nitrogens with zero attached hydrogens (tertiary/aromatic N) is 2. The zero-order valence-electron chi connectivity index (χ0n) is 38.0. The minimum atomic E-state index is -0.168. The quantitative estimate of drug-likeness (QED) is 0.0803. The normalized spacial score (nSPS) is 20.5. The van der Waals surface area contributed by atoms with Crippen molar-refractivity contribution in [2.45, 2.75) is 148 Å². The van der Waals surface area contributed by atoms with Crippen LogP contribution in [0.5, 0.6) is 0 Å². The molecule has 1 aliphatic heterocycles. The Balaban J connectivity index is 1.32. The third-order valence-corrected chi connectivity index (χ3v) is 14.4. The second kappa shape index (κ2) is 21.3. The molecule has 0 bridgehead atoms. The second-order valence-corrected chi connectivity index (χ2v) is 19.1. The molecule has 0 radical (unpaired) electrons. The molecule has 3 nitrogen and oxygen atoms in total. The standard InChI is InChI=1S/C58H73N3/c1-5-36-60-54-32-29-45(3)38-52(54)57(40-47-20-11-7-12-21-47,41-48-22-13-8-14-23-48)35-19-28-51(44-59)31-34-56-58(42-49-24-15-9-16-25-49,43-50-26-17-10-18-27-50)53-39-46(4)30-33-55(53)61(56)37-6-2/h7,9,11-12,15-16,19-21,24-25,28-34,38-39,48,50,60H,5-6,8,10,13-14,17-18,22-23,26-27,35-37,40-43H2,1-4H3/b28-19+,51-31-,56-34+. The van der Waals surface area contributed by atoms with Gasteiger partial charge in [0.1, 0.15) is 0 Å². The Morgan fingerprint density at radius 1 is 0.787 bits per heavy atom. The Kier molecular flexibility index (Phi) is 15.5. The smallest absolute Gasteiger partial charge is 0.0991 e. The van der Waals surface area contributed by atoms with Gasteiger partial charge in [-0.15, -0.1) is 0 Å². The van der Waals surface area contributed by atoms with E-state index in [4.69, 9.17) is 0 Å². The van der Waals surface area contributed by atoms with Crippen molar-refractivity contribution in [1.29, 1.82) is 5.26 Å². The van der Waals surface area contributed by atoms with Crippen LogP contribution in [-0.4, -0.2) is 13.1 Å². The van der Waals surface area contributed by atoms with E-state index in [-0.39, 0.29) is 10.8 Å². The number of hydrogen-bond donors (Lipinski definition) is 1. The number of anilines is 2. The lowest BCUT2D eigenvalue weighted by Crippen LogP contribution is -2.36. The first-order chi connectivity index (χ1) is 29.9. The van der Waals surface area contributed by atoms with Gasteiger partial charge in [0.25, 0.3) is 0 Å². The highest BCUT2D eigenvalue weighted by molar-refractivity contribution is 5.73. The van der Waals surface area contributed by atoms with Crippen molar-refractivity contribution < 1.29 is 0 Å². The predicted molar refractivity (Wildman–Crippen MR) is 260 cm³/mol. The van der Waals surface area contributed by atoms with Gasteiger partial charge in [0.2, 0.25) is 0 Å². The van der Waals surface area contributed by atoms with Crippen LogP contribution in [0.2, 0.25) is 0 Å². The van der Waals surface area contributed by atoms with Crippen LogP contribution in [0, 0.1) is 37.0 Å². The van der Waals surface area contributed by atoms with Gasteiger partial charge in [-0.3, -0.25) is 0 Å². The van der Waals surface area contributed by atoms with E-state index in [9.17, 15) is 5.26 Å². The average Bonchev–Trinajstić information content (AvgIpc) is 3.51. The van der Waals surface area contributed by atoms with E-state index in [1.807, 2.05) is 0 Å². The van der Waals surface area contributed by atoms with Crippen LogP contribution < -0.4 is 10.2 Å². The largest absolute Gasteiger partial charge is 0.385 e. The molecule has 4 aromatic rings. The molecule has 61 heavy (non-hydrogen) atoms. The third-order valence-electron chi connectivity index (χ3n) is 14.4. The molecule has 0 spiro atoms. The van der Waals surface area contributed by atoms with Gasteiger partial charge in [0.15, 0.2) is 0 Å². The lowest BCUT2D eigenvalue weighted by Gasteiger charge is -2.40. The Morgan fingerprint density at radius 3 is 2.11 bits per heavy atom. The van der Waals surface area contributed by atoms with E-state index in [2.05, 4.69) is 165 Å². The fraction of sp³-hybridized carbons (Fsp3) is 0.466. The molecule has 0 aromatic heterocycles. The molecule has 2 saturated carbocycles. The lowest BCUT2D eigenvalue weighted by molar-refractivity contribution is 0.253. The number of allylic oxidation sites excluding steroid dienone is 6. The highest BCUT2D eigenvalue weighted by atomic mass is 15.2. The summed E-state index contributed by atoms with van der Waals surface area (Å²) in [4.78, 5) is 2.62. The summed E-state index contributed by atoms with van der Waals surface area (Å²) < 4.78 is 0. The maximum atomic E-state index is 10.9. The van der Waals surface area contributed by atoms with Gasteiger partial charge in [-0.1, -0.05) is 180 Å². The van der Waals surface area contributed by atoms with Crippen molar-refractivity contribution in [1.82, 2.24) is 0 Å². The van der Waals surface area contributed by atoms with Crippen LogP contribution in [0.4, 0.5) is 11.4 Å². The highest BCUT2D eigenvalue weighted by Gasteiger charge is 2.48. The summed E-state index contributed by atoms with van der Waals surface area (Å²) in [7, 11) is 0. The maximum Gasteiger partial charge on any atom is 0.0991 e. The Hall–Kier alpha value is -4.81. The number of hydrogen-bond acceptors (Lipinski definition) is 3. The maximum absolute atomic E-state index is 10.9. The van der Waals surface area contributed by atoms with E-state index in [1.54, 1.807) is 0 Å². The first kappa shape index (κ1) is 44.3. The summed E-state index contributed by atoms with van der Waals surface area (Å²) in [5, 5.41) is 14.8. The summed E-state index contributed by atoms with van der Waals surface area (Å²) in [6.45, 7) is 11.0. The van der Waals surface area contributed by atoms with E-state index < -0.39 is 0 Å². The summed E-state index contributed by atoms with van der Waals surface area (Å²) >= 11 is 0. The van der Waals surface area contributed by atoms with E-state index >= 15 is 0 Å². The van der Waals surface area contributed by atoms with Crippen molar-refractivity contribution >= 4 is 11.4 Å². The zero-order chi connectivity index (χ0) is 42.5. The number of nitriles is 1. The molecular weight excluding hydrogens is 739 g/mol. The number of benzene rings is 4. The molecule has 0 amide bonds. The fourth-order valence-corrected chi connectivity index (χ4v) is 11.5. The highest BCUT2D eigenvalue weighted by Crippen LogP contribution is 2.55. The number of fused-ring (bicyclic) bond motifs is 1. The summed E-state index contributed by atoms with van der Waals surface area (Å²) in [6.07, 6.45) is 29.6. The van der Waals surface area contributed by atoms with Crippen molar-refractivity contribution in [3.05, 3.63) is 166 Å².